The molecule has 0 atom stereocenters. The zero-order chi connectivity index (χ0) is 20.3. The summed E-state index contributed by atoms with van der Waals surface area (Å²) in [6.45, 7) is -0.480. The second-order valence-electron chi connectivity index (χ2n) is 5.72. The molecule has 1 aliphatic rings. The van der Waals surface area contributed by atoms with Crippen molar-refractivity contribution in [2.75, 3.05) is 6.54 Å². The van der Waals surface area contributed by atoms with Crippen LogP contribution in [0.3, 0.4) is 0 Å². The van der Waals surface area contributed by atoms with E-state index in [4.69, 9.17) is 33.7 Å². The van der Waals surface area contributed by atoms with Gasteiger partial charge in [-0.15, -0.1) is 0 Å². The molecule has 0 bridgehead atoms. The quantitative estimate of drug-likeness (QED) is 0.535. The number of thioether (sulfide) groups is 1. The standard InChI is InChI=1S/C19H13ClFNO4S2/c20-14-2-1-3-15(21)13(14)10-26-12-6-4-11(5-7-12)8-16-18(25)22(9-17(23)24)19(27)28-16/h1-8H,9-10H2,(H,23,24)/b16-8+. The Balaban J connectivity index is 1.68. The van der Waals surface area contributed by atoms with Crippen molar-refractivity contribution in [2.45, 2.75) is 6.61 Å². The van der Waals surface area contributed by atoms with Crippen molar-refractivity contribution < 1.29 is 23.8 Å². The van der Waals surface area contributed by atoms with Crippen LogP contribution in [0, 0.1) is 5.82 Å². The van der Waals surface area contributed by atoms with Crippen molar-refractivity contribution in [3.05, 3.63) is 69.3 Å². The lowest BCUT2D eigenvalue weighted by Gasteiger charge is -2.10. The summed E-state index contributed by atoms with van der Waals surface area (Å²) >= 11 is 12.1. The Bertz CT molecular complexity index is 958. The van der Waals surface area contributed by atoms with Gasteiger partial charge in [-0.1, -0.05) is 53.8 Å². The maximum atomic E-state index is 13.8. The molecule has 144 valence electrons. The fourth-order valence-electron chi connectivity index (χ4n) is 2.41. The van der Waals surface area contributed by atoms with E-state index in [-0.39, 0.29) is 16.5 Å². The number of carboxylic acid groups (broad SMARTS) is 1. The Hall–Kier alpha value is -2.42. The molecule has 3 rings (SSSR count). The van der Waals surface area contributed by atoms with Crippen LogP contribution in [0.15, 0.2) is 47.4 Å². The summed E-state index contributed by atoms with van der Waals surface area (Å²) in [6, 6.07) is 11.2. The first kappa shape index (κ1) is 20.3. The Morgan fingerprint density at radius 2 is 2.00 bits per heavy atom. The van der Waals surface area contributed by atoms with E-state index in [2.05, 4.69) is 0 Å². The molecule has 0 saturated carbocycles. The lowest BCUT2D eigenvalue weighted by Crippen LogP contribution is -2.33. The molecule has 1 N–H and O–H groups in total. The number of rotatable bonds is 6. The Morgan fingerprint density at radius 3 is 2.64 bits per heavy atom. The monoisotopic (exact) mass is 437 g/mol. The summed E-state index contributed by atoms with van der Waals surface area (Å²) in [5.41, 5.74) is 0.988. The number of carboxylic acids is 1. The SMILES string of the molecule is O=C(O)CN1C(=O)/C(=C\c2ccc(OCc3c(F)cccc3Cl)cc2)SC1=S. The lowest BCUT2D eigenvalue weighted by atomic mass is 10.2. The van der Waals surface area contributed by atoms with Gasteiger partial charge in [-0.3, -0.25) is 14.5 Å². The highest BCUT2D eigenvalue weighted by Gasteiger charge is 2.33. The van der Waals surface area contributed by atoms with Crippen LogP contribution in [0.2, 0.25) is 5.02 Å². The predicted molar refractivity (Wildman–Crippen MR) is 110 cm³/mol. The molecule has 2 aromatic carbocycles. The summed E-state index contributed by atoms with van der Waals surface area (Å²) in [4.78, 5) is 24.5. The van der Waals surface area contributed by atoms with E-state index in [1.54, 1.807) is 36.4 Å². The molecule has 0 unspecified atom stereocenters. The molecule has 28 heavy (non-hydrogen) atoms. The van der Waals surface area contributed by atoms with E-state index < -0.39 is 24.2 Å². The zero-order valence-electron chi connectivity index (χ0n) is 14.2. The Kier molecular flexibility index (Phi) is 6.33. The molecule has 0 aromatic heterocycles. The number of aliphatic carboxylic acids is 1. The average Bonchev–Trinajstić information content (AvgIpc) is 2.90. The number of carbonyl (C=O) groups is 2. The van der Waals surface area contributed by atoms with Gasteiger partial charge >= 0.3 is 5.97 Å². The fourth-order valence-corrected chi connectivity index (χ4v) is 3.88. The first-order valence-corrected chi connectivity index (χ1v) is 9.58. The number of amides is 1. The fraction of sp³-hybridized carbons (Fsp3) is 0.105. The third-order valence-electron chi connectivity index (χ3n) is 3.79. The molecule has 1 heterocycles. The maximum Gasteiger partial charge on any atom is 0.323 e. The maximum absolute atomic E-state index is 13.8. The molecule has 0 spiro atoms. The minimum absolute atomic E-state index is 0.0152. The molecule has 0 aliphatic carbocycles. The molecule has 1 amide bonds. The minimum atomic E-state index is -1.13. The van der Waals surface area contributed by atoms with Gasteiger partial charge in [0, 0.05) is 5.56 Å². The number of nitrogens with zero attached hydrogens (tertiary/aromatic N) is 1. The summed E-state index contributed by atoms with van der Waals surface area (Å²) < 4.78 is 19.5. The van der Waals surface area contributed by atoms with Gasteiger partial charge in [-0.25, -0.2) is 4.39 Å². The molecule has 1 aliphatic heterocycles. The summed E-state index contributed by atoms with van der Waals surface area (Å²) in [7, 11) is 0. The molecule has 5 nitrogen and oxygen atoms in total. The normalized spacial score (nSPS) is 15.4. The Labute approximate surface area is 174 Å². The van der Waals surface area contributed by atoms with E-state index in [0.717, 1.165) is 16.7 Å². The molecule has 2 aromatic rings. The minimum Gasteiger partial charge on any atom is -0.489 e. The first-order chi connectivity index (χ1) is 13.3. The van der Waals surface area contributed by atoms with E-state index in [1.165, 1.54) is 12.1 Å². The van der Waals surface area contributed by atoms with Crippen LogP contribution in [0.5, 0.6) is 5.75 Å². The predicted octanol–water partition coefficient (Wildman–Crippen LogP) is 4.34. The van der Waals surface area contributed by atoms with Gasteiger partial charge in [-0.2, -0.15) is 0 Å². The number of hydrogen-bond donors (Lipinski definition) is 1. The van der Waals surface area contributed by atoms with Crippen molar-refractivity contribution in [3.8, 4) is 5.75 Å². The van der Waals surface area contributed by atoms with Crippen molar-refractivity contribution in [2.24, 2.45) is 0 Å². The van der Waals surface area contributed by atoms with Crippen LogP contribution < -0.4 is 4.74 Å². The average molecular weight is 438 g/mol. The number of hydrogen-bond acceptors (Lipinski definition) is 5. The third kappa shape index (κ3) is 4.70. The first-order valence-electron chi connectivity index (χ1n) is 7.98. The van der Waals surface area contributed by atoms with Gasteiger partial charge in [0.15, 0.2) is 0 Å². The van der Waals surface area contributed by atoms with Crippen LogP contribution in [0.4, 0.5) is 4.39 Å². The number of halogens is 2. The molecular weight excluding hydrogens is 425 g/mol. The topological polar surface area (TPSA) is 66.8 Å². The van der Waals surface area contributed by atoms with Crippen LogP contribution in [0.25, 0.3) is 6.08 Å². The number of benzene rings is 2. The van der Waals surface area contributed by atoms with Gasteiger partial charge in [0.05, 0.1) is 9.93 Å². The van der Waals surface area contributed by atoms with E-state index >= 15 is 0 Å². The van der Waals surface area contributed by atoms with Gasteiger partial charge in [-0.05, 0) is 35.9 Å². The smallest absolute Gasteiger partial charge is 0.323 e. The number of carbonyl (C=O) groups excluding carboxylic acids is 1. The highest BCUT2D eigenvalue weighted by atomic mass is 35.5. The van der Waals surface area contributed by atoms with Crippen LogP contribution in [-0.2, 0) is 16.2 Å². The van der Waals surface area contributed by atoms with E-state index in [9.17, 15) is 14.0 Å². The molecule has 1 fully saturated rings. The summed E-state index contributed by atoms with van der Waals surface area (Å²) in [5.74, 6) is -1.50. The van der Waals surface area contributed by atoms with Gasteiger partial charge < -0.3 is 9.84 Å². The molecule has 1 saturated heterocycles. The highest BCUT2D eigenvalue weighted by Crippen LogP contribution is 2.32. The number of ether oxygens (including phenoxy) is 1. The zero-order valence-corrected chi connectivity index (χ0v) is 16.6. The van der Waals surface area contributed by atoms with Gasteiger partial charge in [0.1, 0.15) is 29.0 Å². The van der Waals surface area contributed by atoms with E-state index in [1.807, 2.05) is 0 Å². The second-order valence-corrected chi connectivity index (χ2v) is 7.80. The third-order valence-corrected chi connectivity index (χ3v) is 5.52. The molecular formula is C19H13ClFNO4S2. The summed E-state index contributed by atoms with van der Waals surface area (Å²) in [6.07, 6.45) is 1.62. The van der Waals surface area contributed by atoms with Crippen LogP contribution in [0.1, 0.15) is 11.1 Å². The Morgan fingerprint density at radius 1 is 1.29 bits per heavy atom. The van der Waals surface area contributed by atoms with Gasteiger partial charge in [0.2, 0.25) is 0 Å². The molecule has 9 heteroatoms. The van der Waals surface area contributed by atoms with Gasteiger partial charge in [0.25, 0.3) is 5.91 Å². The van der Waals surface area contributed by atoms with Crippen molar-refractivity contribution in [3.63, 3.8) is 0 Å². The van der Waals surface area contributed by atoms with Crippen molar-refractivity contribution in [1.82, 2.24) is 4.90 Å². The highest BCUT2D eigenvalue weighted by molar-refractivity contribution is 8.26. The number of thiocarbonyl (C=S) groups is 1. The van der Waals surface area contributed by atoms with E-state index in [0.29, 0.717) is 21.2 Å². The van der Waals surface area contributed by atoms with Crippen molar-refractivity contribution >= 4 is 57.9 Å². The van der Waals surface area contributed by atoms with Crippen LogP contribution in [-0.4, -0.2) is 32.7 Å². The lowest BCUT2D eigenvalue weighted by molar-refractivity contribution is -0.140. The molecule has 0 radical (unpaired) electrons. The van der Waals surface area contributed by atoms with Crippen LogP contribution >= 0.6 is 35.6 Å². The summed E-state index contributed by atoms with van der Waals surface area (Å²) in [5, 5.41) is 9.15. The second kappa shape index (κ2) is 8.72. The van der Waals surface area contributed by atoms with Crippen molar-refractivity contribution in [1.29, 1.82) is 0 Å². The largest absolute Gasteiger partial charge is 0.489 e.